The van der Waals surface area contributed by atoms with Crippen LogP contribution in [-0.2, 0) is 40.4 Å². The van der Waals surface area contributed by atoms with Crippen molar-refractivity contribution in [3.8, 4) is 0 Å². The molecule has 1 fully saturated rings. The molecule has 0 aromatic carbocycles. The second-order valence-electron chi connectivity index (χ2n) is 6.63. The number of carbonyl (C=O) groups is 3. The van der Waals surface area contributed by atoms with Crippen LogP contribution in [-0.4, -0.2) is 57.1 Å². The van der Waals surface area contributed by atoms with Gasteiger partial charge in [0.05, 0.1) is 5.16 Å². The Labute approximate surface area is 172 Å². The summed E-state index contributed by atoms with van der Waals surface area (Å²) in [5, 5.41) is 15.3. The molecule has 2 aromatic heterocycles. The van der Waals surface area contributed by atoms with Gasteiger partial charge in [-0.2, -0.15) is 0 Å². The molecule has 0 unspecified atom stereocenters. The maximum absolute atomic E-state index is 12.9. The maximum atomic E-state index is 12.9. The summed E-state index contributed by atoms with van der Waals surface area (Å²) in [6.45, 7) is 2.89. The molecule has 168 valence electrons. The van der Waals surface area contributed by atoms with Crippen molar-refractivity contribution in [2.24, 2.45) is 7.05 Å². The zero-order chi connectivity index (χ0) is 23.0. The Bertz CT molecular complexity index is 1160. The molecule has 0 aliphatic carbocycles. The van der Waals surface area contributed by atoms with Crippen LogP contribution in [0.25, 0.3) is 11.2 Å². The minimum atomic E-state index is -1.51. The first-order valence-electron chi connectivity index (χ1n) is 8.87. The van der Waals surface area contributed by atoms with Crippen LogP contribution >= 0.6 is 0 Å². The monoisotopic (exact) mass is 442 g/mol. The van der Waals surface area contributed by atoms with Gasteiger partial charge >= 0.3 is 40.3 Å². The largest absolute Gasteiger partial charge is 0.463 e. The molecule has 4 atom stereocenters. The van der Waals surface area contributed by atoms with Gasteiger partial charge in [0.15, 0.2) is 18.4 Å². The molecule has 0 amide bonds. The van der Waals surface area contributed by atoms with Gasteiger partial charge in [-0.1, -0.05) is 0 Å². The number of nitrogens with zero attached hydrogens (tertiary/aromatic N) is 4. The second kappa shape index (κ2) is 8.17. The predicted molar refractivity (Wildman–Crippen MR) is 94.1 cm³/mol. The Morgan fingerprint density at radius 3 is 2.29 bits per heavy atom. The van der Waals surface area contributed by atoms with Crippen LogP contribution < -0.4 is 16.2 Å². The minimum Gasteiger partial charge on any atom is -0.463 e. The van der Waals surface area contributed by atoms with E-state index < -0.39 is 71.5 Å². The number of ether oxygens (including phenoxy) is 4. The van der Waals surface area contributed by atoms with Crippen molar-refractivity contribution in [1.29, 1.82) is 0 Å². The summed E-state index contributed by atoms with van der Waals surface area (Å²) in [4.78, 5) is 59.5. The fraction of sp³-hybridized carbons (Fsp3) is 0.562. The van der Waals surface area contributed by atoms with Gasteiger partial charge < -0.3 is 24.2 Å². The molecule has 1 aliphatic heterocycles. The van der Waals surface area contributed by atoms with Crippen molar-refractivity contribution in [3.63, 3.8) is 0 Å². The number of esters is 3. The van der Waals surface area contributed by atoms with Crippen LogP contribution in [0.3, 0.4) is 0 Å². The standard InChI is InChI=1S/C16H18N4O11/c1-6(21)27-5-9-11(28-7(2)22)12(29-8(3)23)15(30-9)19-13-10(20(26)31-17-13)14(24)18(4)16(19)25/h9,11-12,15H,5H2,1-4H3/t9-,11-,12+,15+/m0/s1. The van der Waals surface area contributed by atoms with Crippen molar-refractivity contribution >= 4 is 29.1 Å². The van der Waals surface area contributed by atoms with Crippen molar-refractivity contribution in [2.75, 3.05) is 6.61 Å². The summed E-state index contributed by atoms with van der Waals surface area (Å²) in [5.74, 6) is -2.24. The van der Waals surface area contributed by atoms with Gasteiger partial charge in [-0.3, -0.25) is 28.4 Å². The zero-order valence-corrected chi connectivity index (χ0v) is 16.8. The smallest absolute Gasteiger partial charge is 0.336 e. The average molecular weight is 442 g/mol. The van der Waals surface area contributed by atoms with Crippen LogP contribution in [0.4, 0.5) is 0 Å². The van der Waals surface area contributed by atoms with Gasteiger partial charge in [-0.25, -0.2) is 9.36 Å². The summed E-state index contributed by atoms with van der Waals surface area (Å²) in [6.07, 6.45) is -5.39. The van der Waals surface area contributed by atoms with E-state index in [-0.39, 0.29) is 4.90 Å². The van der Waals surface area contributed by atoms with E-state index in [1.54, 1.807) is 0 Å². The topological polar surface area (TPSA) is 185 Å². The molecule has 0 spiro atoms. The van der Waals surface area contributed by atoms with E-state index >= 15 is 0 Å². The van der Waals surface area contributed by atoms with Crippen molar-refractivity contribution < 1.29 is 42.9 Å². The highest BCUT2D eigenvalue weighted by molar-refractivity contribution is 5.68. The number of rotatable bonds is 5. The summed E-state index contributed by atoms with van der Waals surface area (Å²) in [6, 6.07) is 0. The quantitative estimate of drug-likeness (QED) is 0.273. The lowest BCUT2D eigenvalue weighted by Crippen LogP contribution is -2.46. The van der Waals surface area contributed by atoms with E-state index in [4.69, 9.17) is 18.9 Å². The van der Waals surface area contributed by atoms with Crippen LogP contribution in [0.2, 0.25) is 0 Å². The molecular formula is C16H18N4O11. The Morgan fingerprint density at radius 1 is 1.10 bits per heavy atom. The molecule has 1 aliphatic rings. The number of hydrogen-bond donors (Lipinski definition) is 0. The number of aromatic nitrogens is 4. The van der Waals surface area contributed by atoms with Crippen molar-refractivity contribution in [2.45, 2.75) is 45.3 Å². The lowest BCUT2D eigenvalue weighted by Gasteiger charge is -2.23. The van der Waals surface area contributed by atoms with Gasteiger partial charge in [0.25, 0.3) is 0 Å². The van der Waals surface area contributed by atoms with Crippen molar-refractivity contribution in [3.05, 3.63) is 26.0 Å². The SMILES string of the molecule is CC(=O)OC[C@@H]1O[C@@H](n2c(=O)n(C)c(=O)c3c2no[n+]3[O-])[C@H](OC(C)=O)[C@H]1OC(C)=O. The van der Waals surface area contributed by atoms with Gasteiger partial charge in [-0.05, 0) is 4.90 Å². The Kier molecular flexibility index (Phi) is 5.79. The van der Waals surface area contributed by atoms with Gasteiger partial charge in [0, 0.05) is 27.8 Å². The van der Waals surface area contributed by atoms with Gasteiger partial charge in [-0.15, -0.1) is 0 Å². The van der Waals surface area contributed by atoms with E-state index in [2.05, 4.69) is 9.79 Å². The predicted octanol–water partition coefficient (Wildman–Crippen LogP) is -2.35. The molecule has 3 heterocycles. The van der Waals surface area contributed by atoms with E-state index in [1.165, 1.54) is 0 Å². The molecule has 31 heavy (non-hydrogen) atoms. The van der Waals surface area contributed by atoms with E-state index in [1.807, 2.05) is 0 Å². The highest BCUT2D eigenvalue weighted by atomic mass is 16.8. The van der Waals surface area contributed by atoms with Crippen molar-refractivity contribution in [1.82, 2.24) is 14.3 Å². The third-order valence-electron chi connectivity index (χ3n) is 4.42. The second-order valence-corrected chi connectivity index (χ2v) is 6.63. The van der Waals surface area contributed by atoms with Crippen LogP contribution in [0.1, 0.15) is 27.0 Å². The Balaban J connectivity index is 2.19. The summed E-state index contributed by atoms with van der Waals surface area (Å²) >= 11 is 0. The summed E-state index contributed by atoms with van der Waals surface area (Å²) in [7, 11) is 1.10. The van der Waals surface area contributed by atoms with Gasteiger partial charge in [0.1, 0.15) is 12.7 Å². The highest BCUT2D eigenvalue weighted by Gasteiger charge is 2.52. The third-order valence-corrected chi connectivity index (χ3v) is 4.42. The molecule has 0 radical (unpaired) electrons. The lowest BCUT2D eigenvalue weighted by atomic mass is 10.1. The highest BCUT2D eigenvalue weighted by Crippen LogP contribution is 2.34. The Morgan fingerprint density at radius 2 is 1.71 bits per heavy atom. The Hall–Kier alpha value is -3.75. The number of hydrogen-bond acceptors (Lipinski definition) is 12. The summed E-state index contributed by atoms with van der Waals surface area (Å²) in [5.41, 5.74) is -3.06. The first kappa shape index (κ1) is 21.9. The zero-order valence-electron chi connectivity index (χ0n) is 16.8. The molecule has 3 rings (SSSR count). The van der Waals surface area contributed by atoms with Crippen LogP contribution in [0, 0.1) is 5.21 Å². The maximum Gasteiger partial charge on any atom is 0.336 e. The van der Waals surface area contributed by atoms with E-state index in [9.17, 15) is 29.2 Å². The molecule has 0 bridgehead atoms. The minimum absolute atomic E-state index is 0.191. The molecule has 0 N–H and O–H groups in total. The molecule has 15 nitrogen and oxygen atoms in total. The third kappa shape index (κ3) is 3.98. The first-order chi connectivity index (χ1) is 14.5. The normalized spacial score (nSPS) is 23.0. The van der Waals surface area contributed by atoms with Crippen LogP contribution in [0.15, 0.2) is 14.2 Å². The fourth-order valence-electron chi connectivity index (χ4n) is 3.20. The lowest BCUT2D eigenvalue weighted by molar-refractivity contribution is -0.782. The average Bonchev–Trinajstić information content (AvgIpc) is 3.19. The molecular weight excluding hydrogens is 424 g/mol. The molecule has 15 heteroatoms. The molecule has 1 saturated heterocycles. The van der Waals surface area contributed by atoms with E-state index in [0.717, 1.165) is 32.4 Å². The molecule has 2 aromatic rings. The number of carbonyl (C=O) groups excluding carboxylic acids is 3. The molecule has 0 saturated carbocycles. The van der Waals surface area contributed by atoms with Crippen LogP contribution in [0.5, 0.6) is 0 Å². The first-order valence-corrected chi connectivity index (χ1v) is 8.87. The number of fused-ring (bicyclic) bond motifs is 1. The fourth-order valence-corrected chi connectivity index (χ4v) is 3.20. The van der Waals surface area contributed by atoms with Gasteiger partial charge in [0.2, 0.25) is 0 Å². The summed E-state index contributed by atoms with van der Waals surface area (Å²) < 4.78 is 26.9. The van der Waals surface area contributed by atoms with E-state index in [0.29, 0.717) is 4.57 Å².